The number of hydrogen-bond donors (Lipinski definition) is 0. The summed E-state index contributed by atoms with van der Waals surface area (Å²) in [5, 5.41) is 4.36. The van der Waals surface area contributed by atoms with E-state index in [1.165, 1.54) is 26.4 Å². The van der Waals surface area contributed by atoms with Gasteiger partial charge in [0.15, 0.2) is 0 Å². The molecule has 1 aliphatic rings. The summed E-state index contributed by atoms with van der Waals surface area (Å²) in [7, 11) is 3.01. The van der Waals surface area contributed by atoms with Crippen LogP contribution < -0.4 is 0 Å². The quantitative estimate of drug-likeness (QED) is 0.772. The Morgan fingerprint density at radius 1 is 1.39 bits per heavy atom. The first kappa shape index (κ1) is 13.1. The van der Waals surface area contributed by atoms with Crippen LogP contribution in [-0.2, 0) is 16.1 Å². The molecule has 0 unspecified atom stereocenters. The average molecular weight is 252 g/mol. The van der Waals surface area contributed by atoms with Gasteiger partial charge in [-0.15, -0.1) is 0 Å². The largest absolute Gasteiger partial charge is 0.465 e. The van der Waals surface area contributed by atoms with Crippen LogP contribution in [-0.4, -0.2) is 30.0 Å². The standard InChI is InChI=1S/C13H20N2O3/c1-17-9-12-11(13(16)18-2)8-14-15(12)10-6-4-3-5-7-10/h8,10H,3-7,9H2,1-2H3. The fraction of sp³-hybridized carbons (Fsp3) is 0.692. The lowest BCUT2D eigenvalue weighted by Crippen LogP contribution is -2.18. The summed E-state index contributed by atoms with van der Waals surface area (Å²) < 4.78 is 11.9. The second-order valence-electron chi connectivity index (χ2n) is 4.67. The molecule has 100 valence electrons. The Morgan fingerprint density at radius 2 is 2.11 bits per heavy atom. The lowest BCUT2D eigenvalue weighted by molar-refractivity contribution is 0.0594. The van der Waals surface area contributed by atoms with Crippen LogP contribution in [0.15, 0.2) is 6.20 Å². The minimum absolute atomic E-state index is 0.343. The molecule has 5 heteroatoms. The number of ether oxygens (including phenoxy) is 2. The molecular weight excluding hydrogens is 232 g/mol. The monoisotopic (exact) mass is 252 g/mol. The van der Waals surface area contributed by atoms with Gasteiger partial charge in [0, 0.05) is 7.11 Å². The normalized spacial score (nSPS) is 16.8. The molecule has 2 rings (SSSR count). The number of carbonyl (C=O) groups excluding carboxylic acids is 1. The number of carbonyl (C=O) groups is 1. The van der Waals surface area contributed by atoms with Crippen LogP contribution in [0.4, 0.5) is 0 Å². The van der Waals surface area contributed by atoms with E-state index in [0.29, 0.717) is 18.2 Å². The van der Waals surface area contributed by atoms with Crippen molar-refractivity contribution in [2.45, 2.75) is 44.8 Å². The molecule has 0 radical (unpaired) electrons. The molecule has 1 fully saturated rings. The van der Waals surface area contributed by atoms with E-state index in [9.17, 15) is 4.79 Å². The maximum absolute atomic E-state index is 11.7. The first-order valence-corrected chi connectivity index (χ1v) is 6.41. The predicted octanol–water partition coefficient (Wildman–Crippen LogP) is 2.32. The molecule has 0 aliphatic heterocycles. The van der Waals surface area contributed by atoms with E-state index in [-0.39, 0.29) is 5.97 Å². The number of hydrogen-bond acceptors (Lipinski definition) is 4. The second kappa shape index (κ2) is 6.00. The van der Waals surface area contributed by atoms with Crippen LogP contribution in [0.3, 0.4) is 0 Å². The SMILES string of the molecule is COCc1c(C(=O)OC)cnn1C1CCCCC1. The predicted molar refractivity (Wildman–Crippen MR) is 66.4 cm³/mol. The Bertz CT molecular complexity index is 408. The summed E-state index contributed by atoms with van der Waals surface area (Å²) in [6, 6.07) is 0.391. The zero-order chi connectivity index (χ0) is 13.0. The number of nitrogens with zero attached hydrogens (tertiary/aromatic N) is 2. The van der Waals surface area contributed by atoms with E-state index in [1.807, 2.05) is 4.68 Å². The van der Waals surface area contributed by atoms with Crippen molar-refractivity contribution in [1.82, 2.24) is 9.78 Å². The molecule has 0 bridgehead atoms. The van der Waals surface area contributed by atoms with Gasteiger partial charge in [0.2, 0.25) is 0 Å². The van der Waals surface area contributed by atoms with Crippen molar-refractivity contribution >= 4 is 5.97 Å². The maximum Gasteiger partial charge on any atom is 0.341 e. The van der Waals surface area contributed by atoms with Crippen LogP contribution in [0.25, 0.3) is 0 Å². The van der Waals surface area contributed by atoms with Gasteiger partial charge >= 0.3 is 5.97 Å². The van der Waals surface area contributed by atoms with Crippen LogP contribution in [0.2, 0.25) is 0 Å². The Balaban J connectivity index is 2.28. The Hall–Kier alpha value is -1.36. The maximum atomic E-state index is 11.7. The molecule has 0 spiro atoms. The molecule has 18 heavy (non-hydrogen) atoms. The number of rotatable bonds is 4. The smallest absolute Gasteiger partial charge is 0.341 e. The van der Waals surface area contributed by atoms with E-state index < -0.39 is 0 Å². The third kappa shape index (κ3) is 2.56. The van der Waals surface area contributed by atoms with Crippen molar-refractivity contribution in [3.05, 3.63) is 17.5 Å². The minimum atomic E-state index is -0.343. The molecule has 1 aromatic rings. The van der Waals surface area contributed by atoms with Crippen molar-refractivity contribution in [3.63, 3.8) is 0 Å². The molecule has 1 aromatic heterocycles. The molecule has 0 aromatic carbocycles. The molecule has 0 N–H and O–H groups in total. The van der Waals surface area contributed by atoms with Gasteiger partial charge in [0.1, 0.15) is 5.56 Å². The van der Waals surface area contributed by atoms with Gasteiger partial charge in [-0.25, -0.2) is 4.79 Å². The highest BCUT2D eigenvalue weighted by atomic mass is 16.5. The third-order valence-electron chi connectivity index (χ3n) is 3.51. The van der Waals surface area contributed by atoms with E-state index >= 15 is 0 Å². The van der Waals surface area contributed by atoms with Crippen LogP contribution in [0.1, 0.15) is 54.2 Å². The average Bonchev–Trinajstić information content (AvgIpc) is 2.83. The van der Waals surface area contributed by atoms with Gasteiger partial charge < -0.3 is 9.47 Å². The van der Waals surface area contributed by atoms with E-state index in [0.717, 1.165) is 18.5 Å². The Morgan fingerprint density at radius 3 is 2.72 bits per heavy atom. The lowest BCUT2D eigenvalue weighted by atomic mass is 9.95. The van der Waals surface area contributed by atoms with Gasteiger partial charge in [0.05, 0.1) is 31.6 Å². The van der Waals surface area contributed by atoms with Gasteiger partial charge in [0.25, 0.3) is 0 Å². The zero-order valence-corrected chi connectivity index (χ0v) is 11.0. The van der Waals surface area contributed by atoms with Gasteiger partial charge in [-0.05, 0) is 12.8 Å². The summed E-state index contributed by atoms with van der Waals surface area (Å²) in [6.07, 6.45) is 7.59. The summed E-state index contributed by atoms with van der Waals surface area (Å²) >= 11 is 0. The first-order valence-electron chi connectivity index (χ1n) is 6.41. The number of methoxy groups -OCH3 is 2. The summed E-state index contributed by atoms with van der Waals surface area (Å²) in [5.74, 6) is -0.343. The summed E-state index contributed by atoms with van der Waals surface area (Å²) in [6.45, 7) is 0.390. The van der Waals surface area contributed by atoms with Crippen LogP contribution >= 0.6 is 0 Å². The van der Waals surface area contributed by atoms with E-state index in [4.69, 9.17) is 9.47 Å². The molecule has 0 atom stereocenters. The van der Waals surface area contributed by atoms with Crippen molar-refractivity contribution in [2.75, 3.05) is 14.2 Å². The van der Waals surface area contributed by atoms with E-state index in [2.05, 4.69) is 5.10 Å². The molecule has 0 amide bonds. The summed E-state index contributed by atoms with van der Waals surface area (Å²) in [4.78, 5) is 11.7. The second-order valence-corrected chi connectivity index (χ2v) is 4.67. The first-order chi connectivity index (χ1) is 8.77. The lowest BCUT2D eigenvalue weighted by Gasteiger charge is -2.24. The highest BCUT2D eigenvalue weighted by Crippen LogP contribution is 2.29. The van der Waals surface area contributed by atoms with Crippen LogP contribution in [0.5, 0.6) is 0 Å². The fourth-order valence-electron chi connectivity index (χ4n) is 2.59. The topological polar surface area (TPSA) is 53.4 Å². The third-order valence-corrected chi connectivity index (χ3v) is 3.51. The van der Waals surface area contributed by atoms with Crippen LogP contribution in [0, 0.1) is 0 Å². The molecule has 1 saturated carbocycles. The summed E-state index contributed by atoms with van der Waals surface area (Å²) in [5.41, 5.74) is 1.35. The zero-order valence-electron chi connectivity index (χ0n) is 11.0. The number of aromatic nitrogens is 2. The van der Waals surface area contributed by atoms with E-state index in [1.54, 1.807) is 13.3 Å². The highest BCUT2D eigenvalue weighted by molar-refractivity contribution is 5.90. The highest BCUT2D eigenvalue weighted by Gasteiger charge is 2.23. The molecule has 0 saturated heterocycles. The number of esters is 1. The van der Waals surface area contributed by atoms with Crippen molar-refractivity contribution in [3.8, 4) is 0 Å². The van der Waals surface area contributed by atoms with Crippen molar-refractivity contribution in [2.24, 2.45) is 0 Å². The van der Waals surface area contributed by atoms with Crippen molar-refractivity contribution < 1.29 is 14.3 Å². The molecule has 1 aliphatic carbocycles. The minimum Gasteiger partial charge on any atom is -0.465 e. The van der Waals surface area contributed by atoms with Crippen molar-refractivity contribution in [1.29, 1.82) is 0 Å². The molecular formula is C13H20N2O3. The van der Waals surface area contributed by atoms with Gasteiger partial charge in [-0.3, -0.25) is 4.68 Å². The Kier molecular flexibility index (Phi) is 4.36. The Labute approximate surface area is 107 Å². The van der Waals surface area contributed by atoms with Gasteiger partial charge in [-0.1, -0.05) is 19.3 Å². The fourth-order valence-corrected chi connectivity index (χ4v) is 2.59. The van der Waals surface area contributed by atoms with Gasteiger partial charge in [-0.2, -0.15) is 5.10 Å². The molecule has 1 heterocycles. The molecule has 5 nitrogen and oxygen atoms in total.